The summed E-state index contributed by atoms with van der Waals surface area (Å²) >= 11 is 0. The second-order valence-electron chi connectivity index (χ2n) is 6.26. The SMILES string of the molecule is CCC(C)(C)C1CCC2(C=C(OC(=O)O)NO2)CC1. The van der Waals surface area contributed by atoms with Gasteiger partial charge in [-0.1, -0.05) is 27.2 Å². The zero-order chi connectivity index (χ0) is 14.1. The van der Waals surface area contributed by atoms with Crippen molar-refractivity contribution in [2.24, 2.45) is 11.3 Å². The minimum absolute atomic E-state index is 0.195. The minimum atomic E-state index is -1.32. The van der Waals surface area contributed by atoms with Gasteiger partial charge >= 0.3 is 6.16 Å². The molecular formula is C14H23NO4. The van der Waals surface area contributed by atoms with Gasteiger partial charge in [-0.05, 0) is 37.0 Å². The van der Waals surface area contributed by atoms with Gasteiger partial charge in [0.05, 0.1) is 0 Å². The lowest BCUT2D eigenvalue weighted by Gasteiger charge is -2.41. The van der Waals surface area contributed by atoms with Crippen LogP contribution in [0.3, 0.4) is 0 Å². The molecule has 0 bridgehead atoms. The molecule has 1 heterocycles. The molecule has 1 saturated carbocycles. The van der Waals surface area contributed by atoms with Crippen LogP contribution in [0.5, 0.6) is 0 Å². The van der Waals surface area contributed by atoms with E-state index < -0.39 is 6.16 Å². The van der Waals surface area contributed by atoms with Gasteiger partial charge < -0.3 is 9.84 Å². The van der Waals surface area contributed by atoms with Crippen molar-refractivity contribution in [1.29, 1.82) is 0 Å². The molecule has 108 valence electrons. The van der Waals surface area contributed by atoms with Crippen molar-refractivity contribution in [2.45, 2.75) is 58.5 Å². The van der Waals surface area contributed by atoms with Gasteiger partial charge in [0, 0.05) is 6.08 Å². The van der Waals surface area contributed by atoms with Gasteiger partial charge in [0.1, 0.15) is 5.60 Å². The Balaban J connectivity index is 1.96. The van der Waals surface area contributed by atoms with E-state index in [-0.39, 0.29) is 11.5 Å². The van der Waals surface area contributed by atoms with Gasteiger partial charge in [-0.15, -0.1) is 0 Å². The smallest absolute Gasteiger partial charge is 0.449 e. The number of carboxylic acid groups (broad SMARTS) is 1. The monoisotopic (exact) mass is 269 g/mol. The molecule has 0 unspecified atom stereocenters. The molecule has 0 aromatic heterocycles. The van der Waals surface area contributed by atoms with E-state index in [1.54, 1.807) is 6.08 Å². The first-order valence-electron chi connectivity index (χ1n) is 6.94. The van der Waals surface area contributed by atoms with Gasteiger partial charge in [-0.2, -0.15) is 0 Å². The molecule has 1 fully saturated rings. The van der Waals surface area contributed by atoms with Crippen LogP contribution in [-0.2, 0) is 9.57 Å². The Morgan fingerprint density at radius 1 is 1.58 bits per heavy atom. The summed E-state index contributed by atoms with van der Waals surface area (Å²) in [5.41, 5.74) is 2.55. The highest BCUT2D eigenvalue weighted by Crippen LogP contribution is 2.46. The van der Waals surface area contributed by atoms with Crippen molar-refractivity contribution in [1.82, 2.24) is 5.48 Å². The lowest BCUT2D eigenvalue weighted by Crippen LogP contribution is -2.38. The molecule has 0 aromatic rings. The summed E-state index contributed by atoms with van der Waals surface area (Å²) in [6.45, 7) is 6.87. The lowest BCUT2D eigenvalue weighted by atomic mass is 9.66. The fourth-order valence-electron chi connectivity index (χ4n) is 3.02. The quantitative estimate of drug-likeness (QED) is 0.768. The number of hydroxylamine groups is 1. The standard InChI is InChI=1S/C14H23NO4/c1-4-13(2,3)10-5-7-14(8-6-10)9-11(15-19-14)18-12(16)17/h9-10,15H,4-8H2,1-3H3,(H,16,17). The largest absolute Gasteiger partial charge is 0.512 e. The van der Waals surface area contributed by atoms with E-state index in [0.29, 0.717) is 11.3 Å². The number of carbonyl (C=O) groups is 1. The number of nitrogens with one attached hydrogen (secondary N) is 1. The molecule has 0 radical (unpaired) electrons. The predicted octanol–water partition coefficient (Wildman–Crippen LogP) is 3.42. The lowest BCUT2D eigenvalue weighted by molar-refractivity contribution is -0.0847. The van der Waals surface area contributed by atoms with E-state index in [9.17, 15) is 4.79 Å². The Morgan fingerprint density at radius 2 is 2.21 bits per heavy atom. The van der Waals surface area contributed by atoms with Crippen LogP contribution in [0.1, 0.15) is 52.9 Å². The third kappa shape index (κ3) is 3.03. The van der Waals surface area contributed by atoms with Crippen molar-refractivity contribution < 1.29 is 19.5 Å². The van der Waals surface area contributed by atoms with Gasteiger partial charge in [-0.3, -0.25) is 4.84 Å². The van der Waals surface area contributed by atoms with Gasteiger partial charge in [0.15, 0.2) is 0 Å². The third-order valence-corrected chi connectivity index (χ3v) is 4.79. The summed E-state index contributed by atoms with van der Waals surface area (Å²) in [6.07, 6.45) is 5.63. The first-order chi connectivity index (χ1) is 8.87. The molecular weight excluding hydrogens is 246 g/mol. The molecule has 1 aliphatic heterocycles. The number of ether oxygens (including phenoxy) is 1. The summed E-state index contributed by atoms with van der Waals surface area (Å²) in [5.74, 6) is 0.894. The first-order valence-corrected chi connectivity index (χ1v) is 6.94. The maximum Gasteiger partial charge on any atom is 0.512 e. The van der Waals surface area contributed by atoms with Gasteiger partial charge in [0.2, 0.25) is 5.88 Å². The number of hydrogen-bond acceptors (Lipinski definition) is 4. The van der Waals surface area contributed by atoms with E-state index in [2.05, 4.69) is 31.0 Å². The van der Waals surface area contributed by atoms with E-state index in [4.69, 9.17) is 9.94 Å². The molecule has 2 rings (SSSR count). The summed E-state index contributed by atoms with van der Waals surface area (Å²) in [5, 5.41) is 8.58. The highest BCUT2D eigenvalue weighted by atomic mass is 16.7. The molecule has 0 aromatic carbocycles. The second kappa shape index (κ2) is 5.04. The second-order valence-corrected chi connectivity index (χ2v) is 6.26. The summed E-state index contributed by atoms with van der Waals surface area (Å²) in [6, 6.07) is 0. The first kappa shape index (κ1) is 14.2. The van der Waals surface area contributed by atoms with E-state index in [0.717, 1.165) is 25.7 Å². The zero-order valence-electron chi connectivity index (χ0n) is 11.9. The van der Waals surface area contributed by atoms with Crippen molar-refractivity contribution in [2.75, 3.05) is 0 Å². The van der Waals surface area contributed by atoms with E-state index in [1.807, 2.05) is 0 Å². The Labute approximate surface area is 113 Å². The molecule has 0 saturated heterocycles. The molecule has 2 N–H and O–H groups in total. The van der Waals surface area contributed by atoms with Crippen molar-refractivity contribution in [3.8, 4) is 0 Å². The highest BCUT2D eigenvalue weighted by Gasteiger charge is 2.43. The fourth-order valence-corrected chi connectivity index (χ4v) is 3.02. The molecule has 5 heteroatoms. The average molecular weight is 269 g/mol. The maximum atomic E-state index is 10.5. The number of rotatable bonds is 3. The van der Waals surface area contributed by atoms with Gasteiger partial charge in [-0.25, -0.2) is 10.3 Å². The topological polar surface area (TPSA) is 67.8 Å². The maximum absolute atomic E-state index is 10.5. The highest BCUT2D eigenvalue weighted by molar-refractivity contribution is 5.58. The van der Waals surface area contributed by atoms with Gasteiger partial charge in [0.25, 0.3) is 0 Å². The van der Waals surface area contributed by atoms with E-state index >= 15 is 0 Å². The van der Waals surface area contributed by atoms with Crippen LogP contribution in [0.15, 0.2) is 12.0 Å². The predicted molar refractivity (Wildman–Crippen MR) is 70.2 cm³/mol. The van der Waals surface area contributed by atoms with E-state index in [1.165, 1.54) is 6.42 Å². The summed E-state index contributed by atoms with van der Waals surface area (Å²) in [4.78, 5) is 16.0. The van der Waals surface area contributed by atoms with Crippen molar-refractivity contribution in [3.05, 3.63) is 12.0 Å². The van der Waals surface area contributed by atoms with Crippen molar-refractivity contribution in [3.63, 3.8) is 0 Å². The van der Waals surface area contributed by atoms with Crippen molar-refractivity contribution >= 4 is 6.16 Å². The number of hydrogen-bond donors (Lipinski definition) is 2. The normalized spacial score (nSPS) is 30.9. The molecule has 0 amide bonds. The fraction of sp³-hybridized carbons (Fsp3) is 0.786. The van der Waals surface area contributed by atoms with Crippen LogP contribution in [0.25, 0.3) is 0 Å². The Morgan fingerprint density at radius 3 is 2.74 bits per heavy atom. The molecule has 1 spiro atoms. The van der Waals surface area contributed by atoms with Crippen LogP contribution in [-0.4, -0.2) is 16.9 Å². The van der Waals surface area contributed by atoms with Crippen LogP contribution in [0.2, 0.25) is 0 Å². The molecule has 19 heavy (non-hydrogen) atoms. The molecule has 5 nitrogen and oxygen atoms in total. The summed E-state index contributed by atoms with van der Waals surface area (Å²) in [7, 11) is 0. The van der Waals surface area contributed by atoms with Crippen LogP contribution in [0.4, 0.5) is 4.79 Å². The van der Waals surface area contributed by atoms with Crippen LogP contribution in [0, 0.1) is 11.3 Å². The molecule has 1 aliphatic carbocycles. The molecule has 2 aliphatic rings. The molecule has 0 atom stereocenters. The summed E-state index contributed by atoms with van der Waals surface area (Å²) < 4.78 is 4.60. The Kier molecular flexibility index (Phi) is 3.76. The Hall–Kier alpha value is -1.23. The third-order valence-electron chi connectivity index (χ3n) is 4.79. The minimum Gasteiger partial charge on any atom is -0.449 e. The van der Waals surface area contributed by atoms with Crippen LogP contribution >= 0.6 is 0 Å². The Bertz CT molecular complexity index is 381. The zero-order valence-corrected chi connectivity index (χ0v) is 11.9. The average Bonchev–Trinajstić information content (AvgIpc) is 2.72. The van der Waals surface area contributed by atoms with Crippen LogP contribution < -0.4 is 5.48 Å².